The minimum Gasteiger partial charge on any atom is -0.345 e. The fourth-order valence-corrected chi connectivity index (χ4v) is 4.32. The highest BCUT2D eigenvalue weighted by Gasteiger charge is 2.23. The first kappa shape index (κ1) is 21.6. The number of rotatable bonds is 6. The van der Waals surface area contributed by atoms with Crippen molar-refractivity contribution in [1.82, 2.24) is 10.4 Å². The number of carbonyl (C=O) groups is 1. The topological polar surface area (TPSA) is 88.1 Å². The van der Waals surface area contributed by atoms with Gasteiger partial charge in [0.15, 0.2) is 0 Å². The lowest BCUT2D eigenvalue weighted by Gasteiger charge is -2.27. The summed E-state index contributed by atoms with van der Waals surface area (Å²) in [6.07, 6.45) is 2.08. The summed E-state index contributed by atoms with van der Waals surface area (Å²) >= 11 is 18.0. The van der Waals surface area contributed by atoms with Crippen molar-refractivity contribution in [2.45, 2.75) is 11.5 Å². The monoisotopic (exact) mass is 473 g/mol. The van der Waals surface area contributed by atoms with Crippen molar-refractivity contribution in [3.63, 3.8) is 0 Å². The molecule has 1 heterocycles. The number of aldehydes is 1. The highest BCUT2D eigenvalue weighted by Crippen LogP contribution is 2.30. The smallest absolute Gasteiger partial charge is 0.285 e. The van der Waals surface area contributed by atoms with Gasteiger partial charge in [-0.05, 0) is 23.8 Å². The molecule has 0 saturated carbocycles. The van der Waals surface area contributed by atoms with Crippen molar-refractivity contribution in [3.8, 4) is 0 Å². The molecular formula is C18H14Cl3N3O4S. The number of nitrogens with zero attached hydrogens (tertiary/aromatic N) is 2. The summed E-state index contributed by atoms with van der Waals surface area (Å²) in [5.41, 5.74) is 1.26. The molecule has 1 N–H and O–H groups in total. The van der Waals surface area contributed by atoms with Crippen LogP contribution in [0.5, 0.6) is 0 Å². The van der Waals surface area contributed by atoms with Crippen molar-refractivity contribution in [3.05, 3.63) is 75.0 Å². The van der Waals surface area contributed by atoms with E-state index in [0.717, 1.165) is 11.8 Å². The van der Waals surface area contributed by atoms with Gasteiger partial charge < -0.3 is 5.32 Å². The Morgan fingerprint density at radius 3 is 2.69 bits per heavy atom. The zero-order chi connectivity index (χ0) is 21.0. The molecule has 0 fully saturated rings. The SMILES string of the molecule is O=Cc1cccc(CON2C/C(=N\S(=O)(=O)c3cccc(Cl)c3Cl)NC=C2Cl)c1. The van der Waals surface area contributed by atoms with Crippen LogP contribution in [-0.4, -0.2) is 32.1 Å². The number of hydrogen-bond acceptors (Lipinski definition) is 5. The molecule has 152 valence electrons. The van der Waals surface area contributed by atoms with E-state index in [0.29, 0.717) is 5.56 Å². The Hall–Kier alpha value is -2.10. The lowest BCUT2D eigenvalue weighted by molar-refractivity contribution is -0.127. The van der Waals surface area contributed by atoms with Crippen LogP contribution in [0.1, 0.15) is 15.9 Å². The summed E-state index contributed by atoms with van der Waals surface area (Å²) in [5, 5.41) is 4.19. The molecule has 0 spiro atoms. The molecule has 0 radical (unpaired) electrons. The van der Waals surface area contributed by atoms with Crippen LogP contribution in [0.3, 0.4) is 0 Å². The molecule has 0 atom stereocenters. The summed E-state index contributed by atoms with van der Waals surface area (Å²) in [6, 6.07) is 11.1. The molecule has 7 nitrogen and oxygen atoms in total. The van der Waals surface area contributed by atoms with Crippen molar-refractivity contribution in [1.29, 1.82) is 0 Å². The largest absolute Gasteiger partial charge is 0.345 e. The third-order valence-electron chi connectivity index (χ3n) is 3.79. The first-order chi connectivity index (χ1) is 13.8. The number of carbonyl (C=O) groups excluding carboxylic acids is 1. The molecular weight excluding hydrogens is 461 g/mol. The van der Waals surface area contributed by atoms with Crippen molar-refractivity contribution < 1.29 is 18.0 Å². The van der Waals surface area contributed by atoms with E-state index in [1.165, 1.54) is 29.5 Å². The quantitative estimate of drug-likeness (QED) is 0.503. The van der Waals surface area contributed by atoms with E-state index >= 15 is 0 Å². The van der Waals surface area contributed by atoms with Crippen LogP contribution in [0.4, 0.5) is 0 Å². The van der Waals surface area contributed by atoms with Crippen LogP contribution in [-0.2, 0) is 21.5 Å². The highest BCUT2D eigenvalue weighted by atomic mass is 35.5. The molecule has 0 amide bonds. The lowest BCUT2D eigenvalue weighted by atomic mass is 10.1. The molecule has 29 heavy (non-hydrogen) atoms. The van der Waals surface area contributed by atoms with E-state index < -0.39 is 10.0 Å². The number of amidine groups is 1. The van der Waals surface area contributed by atoms with Crippen LogP contribution in [0, 0.1) is 0 Å². The Kier molecular flexibility index (Phi) is 6.81. The van der Waals surface area contributed by atoms with Gasteiger partial charge in [-0.2, -0.15) is 8.42 Å². The van der Waals surface area contributed by atoms with E-state index in [9.17, 15) is 13.2 Å². The Labute approximate surface area is 182 Å². The van der Waals surface area contributed by atoms with E-state index in [-0.39, 0.29) is 39.1 Å². The fourth-order valence-electron chi connectivity index (χ4n) is 2.42. The first-order valence-corrected chi connectivity index (χ1v) is 10.7. The van der Waals surface area contributed by atoms with Crippen LogP contribution in [0.15, 0.2) is 63.1 Å². The molecule has 3 rings (SSSR count). The van der Waals surface area contributed by atoms with Gasteiger partial charge in [-0.25, -0.2) is 5.06 Å². The Bertz CT molecular complexity index is 1100. The molecule has 0 saturated heterocycles. The second kappa shape index (κ2) is 9.15. The maximum absolute atomic E-state index is 12.6. The standard InChI is InChI=1S/C18H14Cl3N3O4S/c19-14-5-2-6-15(18(14)21)29(26,27)23-17-9-24(16(20)8-22-17)28-11-13-4-1-3-12(7-13)10-25/h1-8,10H,9,11H2,(H,22,23). The van der Waals surface area contributed by atoms with E-state index in [1.54, 1.807) is 24.3 Å². The Balaban J connectivity index is 1.77. The number of hydrogen-bond donors (Lipinski definition) is 1. The molecule has 0 aromatic heterocycles. The molecule has 0 aliphatic carbocycles. The van der Waals surface area contributed by atoms with Gasteiger partial charge in [-0.1, -0.05) is 59.1 Å². The zero-order valence-electron chi connectivity index (χ0n) is 14.7. The molecule has 0 unspecified atom stereocenters. The predicted octanol–water partition coefficient (Wildman–Crippen LogP) is 3.97. The average Bonchev–Trinajstić information content (AvgIpc) is 2.70. The van der Waals surface area contributed by atoms with Crippen LogP contribution in [0.25, 0.3) is 0 Å². The average molecular weight is 475 g/mol. The van der Waals surface area contributed by atoms with E-state index in [2.05, 4.69) is 9.71 Å². The first-order valence-electron chi connectivity index (χ1n) is 8.15. The second-order valence-corrected chi connectivity index (χ2v) is 8.59. The second-order valence-electron chi connectivity index (χ2n) is 5.85. The Morgan fingerprint density at radius 1 is 1.17 bits per heavy atom. The van der Waals surface area contributed by atoms with Gasteiger partial charge in [-0.15, -0.1) is 4.40 Å². The van der Waals surface area contributed by atoms with Gasteiger partial charge in [0, 0.05) is 11.8 Å². The van der Waals surface area contributed by atoms with Gasteiger partial charge in [-0.3, -0.25) is 9.63 Å². The summed E-state index contributed by atoms with van der Waals surface area (Å²) in [5.74, 6) is 0.0760. The fraction of sp³-hybridized carbons (Fsp3) is 0.111. The van der Waals surface area contributed by atoms with Crippen LogP contribution < -0.4 is 5.32 Å². The molecule has 1 aliphatic heterocycles. The molecule has 1 aliphatic rings. The zero-order valence-corrected chi connectivity index (χ0v) is 17.8. The summed E-state index contributed by atoms with van der Waals surface area (Å²) in [4.78, 5) is 16.3. The van der Waals surface area contributed by atoms with Crippen LogP contribution in [0.2, 0.25) is 10.0 Å². The number of hydroxylamine groups is 2. The number of sulfonamides is 1. The minimum absolute atomic E-state index is 0.0554. The summed E-state index contributed by atoms with van der Waals surface area (Å²) in [6.45, 7) is 0.0615. The van der Waals surface area contributed by atoms with Gasteiger partial charge in [0.2, 0.25) is 0 Å². The summed E-state index contributed by atoms with van der Waals surface area (Å²) in [7, 11) is -4.11. The van der Waals surface area contributed by atoms with Gasteiger partial charge in [0.05, 0.1) is 16.7 Å². The third kappa shape index (κ3) is 5.29. The van der Waals surface area contributed by atoms with E-state index in [1.807, 2.05) is 0 Å². The lowest BCUT2D eigenvalue weighted by Crippen LogP contribution is -2.39. The van der Waals surface area contributed by atoms with Gasteiger partial charge in [0.1, 0.15) is 28.7 Å². The minimum atomic E-state index is -4.11. The predicted molar refractivity (Wildman–Crippen MR) is 111 cm³/mol. The molecule has 11 heteroatoms. The van der Waals surface area contributed by atoms with Crippen molar-refractivity contribution >= 4 is 56.9 Å². The molecule has 2 aromatic rings. The maximum Gasteiger partial charge on any atom is 0.285 e. The third-order valence-corrected chi connectivity index (χ3v) is 6.37. The van der Waals surface area contributed by atoms with Gasteiger partial charge in [0.25, 0.3) is 10.0 Å². The normalized spacial score (nSPS) is 15.8. The summed E-state index contributed by atoms with van der Waals surface area (Å²) < 4.78 is 29.0. The van der Waals surface area contributed by atoms with E-state index in [4.69, 9.17) is 39.6 Å². The Morgan fingerprint density at radius 2 is 1.93 bits per heavy atom. The number of benzene rings is 2. The number of nitrogens with one attached hydrogen (secondary N) is 1. The van der Waals surface area contributed by atoms with Crippen molar-refractivity contribution in [2.24, 2.45) is 4.40 Å². The van der Waals surface area contributed by atoms with Gasteiger partial charge >= 0.3 is 0 Å². The van der Waals surface area contributed by atoms with Crippen LogP contribution >= 0.6 is 34.8 Å². The van der Waals surface area contributed by atoms with Crippen molar-refractivity contribution in [2.75, 3.05) is 6.54 Å². The molecule has 0 bridgehead atoms. The number of halogens is 3. The highest BCUT2D eigenvalue weighted by molar-refractivity contribution is 7.90. The maximum atomic E-state index is 12.6. The molecule has 2 aromatic carbocycles.